The highest BCUT2D eigenvalue weighted by molar-refractivity contribution is 5.56. The molecule has 20 heavy (non-hydrogen) atoms. The van der Waals surface area contributed by atoms with Crippen LogP contribution in [0.2, 0.25) is 0 Å². The van der Waals surface area contributed by atoms with E-state index in [-0.39, 0.29) is 23.2 Å². The molecule has 0 aliphatic rings. The minimum absolute atomic E-state index is 0.00189. The van der Waals surface area contributed by atoms with Gasteiger partial charge in [0.1, 0.15) is 5.82 Å². The maximum absolute atomic E-state index is 13.8. The van der Waals surface area contributed by atoms with Crippen molar-refractivity contribution in [1.29, 1.82) is 0 Å². The molecule has 106 valence electrons. The van der Waals surface area contributed by atoms with E-state index in [1.54, 1.807) is 0 Å². The van der Waals surface area contributed by atoms with Gasteiger partial charge in [0.05, 0.1) is 23.1 Å². The van der Waals surface area contributed by atoms with Crippen LogP contribution in [-0.2, 0) is 6.54 Å². The van der Waals surface area contributed by atoms with E-state index in [4.69, 9.17) is 4.52 Å². The largest absolute Gasteiger partial charge is 0.334 e. The van der Waals surface area contributed by atoms with Gasteiger partial charge in [0.25, 0.3) is 11.6 Å². The van der Waals surface area contributed by atoms with Crippen LogP contribution < -0.4 is 5.32 Å². The summed E-state index contributed by atoms with van der Waals surface area (Å²) in [5.41, 5.74) is -0.286. The molecule has 0 bridgehead atoms. The van der Waals surface area contributed by atoms with Crippen LogP contribution in [0.3, 0.4) is 0 Å². The van der Waals surface area contributed by atoms with Gasteiger partial charge < -0.3 is 9.84 Å². The van der Waals surface area contributed by atoms with E-state index < -0.39 is 10.7 Å². The Morgan fingerprint density at radius 1 is 1.50 bits per heavy atom. The highest BCUT2D eigenvalue weighted by atomic mass is 19.1. The van der Waals surface area contributed by atoms with E-state index in [9.17, 15) is 14.5 Å². The van der Waals surface area contributed by atoms with Crippen molar-refractivity contribution in [3.8, 4) is 11.5 Å². The molecule has 0 aliphatic heterocycles. The molecule has 1 heterocycles. The van der Waals surface area contributed by atoms with Crippen molar-refractivity contribution in [2.75, 3.05) is 0 Å². The van der Waals surface area contributed by atoms with E-state index >= 15 is 0 Å². The molecule has 7 nitrogen and oxygen atoms in total. The molecule has 0 atom stereocenters. The van der Waals surface area contributed by atoms with Crippen LogP contribution >= 0.6 is 0 Å². The predicted molar refractivity (Wildman–Crippen MR) is 68.3 cm³/mol. The van der Waals surface area contributed by atoms with Crippen molar-refractivity contribution in [2.45, 2.75) is 26.4 Å². The van der Waals surface area contributed by atoms with Crippen molar-refractivity contribution >= 4 is 5.69 Å². The van der Waals surface area contributed by atoms with Crippen molar-refractivity contribution in [1.82, 2.24) is 15.5 Å². The summed E-state index contributed by atoms with van der Waals surface area (Å²) in [4.78, 5) is 13.9. The van der Waals surface area contributed by atoms with Crippen LogP contribution in [0.15, 0.2) is 22.7 Å². The fraction of sp³-hybridized carbons (Fsp3) is 0.333. The van der Waals surface area contributed by atoms with Gasteiger partial charge in [-0.25, -0.2) is 4.39 Å². The SMILES string of the molecule is CC(C)NCc1noc(-c2ccc([N+](=O)[O-])cc2F)n1. The average molecular weight is 280 g/mol. The second-order valence-electron chi connectivity index (χ2n) is 4.47. The Kier molecular flexibility index (Phi) is 4.04. The molecule has 0 saturated carbocycles. The van der Waals surface area contributed by atoms with E-state index in [1.165, 1.54) is 12.1 Å². The first-order chi connectivity index (χ1) is 9.47. The number of rotatable bonds is 5. The molecular weight excluding hydrogens is 267 g/mol. The van der Waals surface area contributed by atoms with Crippen LogP contribution in [0.25, 0.3) is 11.5 Å². The second kappa shape index (κ2) is 5.74. The third-order valence-electron chi connectivity index (χ3n) is 2.53. The summed E-state index contributed by atoms with van der Waals surface area (Å²) >= 11 is 0. The van der Waals surface area contributed by atoms with Crippen LogP contribution in [0.5, 0.6) is 0 Å². The zero-order valence-electron chi connectivity index (χ0n) is 11.0. The molecule has 8 heteroatoms. The van der Waals surface area contributed by atoms with E-state index in [2.05, 4.69) is 15.5 Å². The Balaban J connectivity index is 2.21. The summed E-state index contributed by atoms with van der Waals surface area (Å²) in [6.45, 7) is 4.34. The number of nitro benzene ring substituents is 1. The van der Waals surface area contributed by atoms with Gasteiger partial charge in [-0.05, 0) is 6.07 Å². The number of hydrogen-bond acceptors (Lipinski definition) is 6. The number of nitrogens with one attached hydrogen (secondary N) is 1. The van der Waals surface area contributed by atoms with Crippen LogP contribution in [0, 0.1) is 15.9 Å². The molecule has 1 aromatic carbocycles. The highest BCUT2D eigenvalue weighted by Crippen LogP contribution is 2.24. The Labute approximate surface area is 114 Å². The molecule has 2 rings (SSSR count). The molecule has 0 fully saturated rings. The molecule has 0 spiro atoms. The fourth-order valence-corrected chi connectivity index (χ4v) is 1.52. The minimum atomic E-state index is -0.772. The van der Waals surface area contributed by atoms with Gasteiger partial charge in [0.2, 0.25) is 0 Å². The van der Waals surface area contributed by atoms with Gasteiger partial charge in [-0.2, -0.15) is 4.98 Å². The van der Waals surface area contributed by atoms with E-state index in [0.717, 1.165) is 6.07 Å². The first-order valence-corrected chi connectivity index (χ1v) is 5.97. The lowest BCUT2D eigenvalue weighted by molar-refractivity contribution is -0.385. The standard InChI is InChI=1S/C12H13FN4O3/c1-7(2)14-6-11-15-12(20-16-11)9-4-3-8(17(18)19)5-10(9)13/h3-5,7,14H,6H2,1-2H3. The number of nitro groups is 1. The monoisotopic (exact) mass is 280 g/mol. The lowest BCUT2D eigenvalue weighted by Crippen LogP contribution is -2.22. The average Bonchev–Trinajstić information content (AvgIpc) is 2.84. The van der Waals surface area contributed by atoms with Crippen molar-refractivity contribution in [3.63, 3.8) is 0 Å². The number of halogens is 1. The summed E-state index contributed by atoms with van der Waals surface area (Å²) in [5.74, 6) is -0.379. The quantitative estimate of drug-likeness (QED) is 0.667. The molecule has 2 aromatic rings. The van der Waals surface area contributed by atoms with Crippen LogP contribution in [0.1, 0.15) is 19.7 Å². The second-order valence-corrected chi connectivity index (χ2v) is 4.47. The summed E-state index contributed by atoms with van der Waals surface area (Å²) in [6, 6.07) is 3.52. The third kappa shape index (κ3) is 3.15. The first kappa shape index (κ1) is 14.1. The van der Waals surface area contributed by atoms with Gasteiger partial charge in [0.15, 0.2) is 5.82 Å². The number of benzene rings is 1. The summed E-state index contributed by atoms with van der Waals surface area (Å²) in [5, 5.41) is 17.3. The molecule has 1 aromatic heterocycles. The normalized spacial score (nSPS) is 11.0. The van der Waals surface area contributed by atoms with Crippen molar-refractivity contribution < 1.29 is 13.8 Å². The number of hydrogen-bond donors (Lipinski definition) is 1. The minimum Gasteiger partial charge on any atom is -0.334 e. The van der Waals surface area contributed by atoms with Gasteiger partial charge >= 0.3 is 0 Å². The van der Waals surface area contributed by atoms with Crippen molar-refractivity contribution in [2.24, 2.45) is 0 Å². The van der Waals surface area contributed by atoms with E-state index in [0.29, 0.717) is 12.4 Å². The fourth-order valence-electron chi connectivity index (χ4n) is 1.52. The zero-order valence-corrected chi connectivity index (χ0v) is 11.0. The van der Waals surface area contributed by atoms with Crippen LogP contribution in [0.4, 0.5) is 10.1 Å². The third-order valence-corrected chi connectivity index (χ3v) is 2.53. The van der Waals surface area contributed by atoms with E-state index in [1.807, 2.05) is 13.8 Å². The van der Waals surface area contributed by atoms with Gasteiger partial charge in [-0.1, -0.05) is 19.0 Å². The molecule has 0 saturated heterocycles. The molecule has 1 N–H and O–H groups in total. The molecule has 0 amide bonds. The molecule has 0 unspecified atom stereocenters. The van der Waals surface area contributed by atoms with Gasteiger partial charge in [-0.15, -0.1) is 0 Å². The number of nitrogens with zero attached hydrogens (tertiary/aromatic N) is 3. The smallest absolute Gasteiger partial charge is 0.272 e. The Morgan fingerprint density at radius 3 is 2.85 bits per heavy atom. The highest BCUT2D eigenvalue weighted by Gasteiger charge is 2.17. The summed E-state index contributed by atoms with van der Waals surface area (Å²) in [6.07, 6.45) is 0. The topological polar surface area (TPSA) is 94.1 Å². The number of non-ortho nitro benzene ring substituents is 1. The summed E-state index contributed by atoms with van der Waals surface area (Å²) in [7, 11) is 0. The lowest BCUT2D eigenvalue weighted by atomic mass is 10.2. The van der Waals surface area contributed by atoms with Crippen molar-refractivity contribution in [3.05, 3.63) is 40.0 Å². The summed E-state index contributed by atoms with van der Waals surface area (Å²) < 4.78 is 18.7. The Hall–Kier alpha value is -2.35. The maximum Gasteiger partial charge on any atom is 0.272 e. The van der Waals surface area contributed by atoms with Crippen LogP contribution in [-0.4, -0.2) is 21.1 Å². The maximum atomic E-state index is 13.8. The number of aromatic nitrogens is 2. The Morgan fingerprint density at radius 2 is 2.25 bits per heavy atom. The zero-order chi connectivity index (χ0) is 14.7. The predicted octanol–water partition coefficient (Wildman–Crippen LogP) is 2.28. The van der Waals surface area contributed by atoms with Gasteiger partial charge in [0, 0.05) is 12.1 Å². The molecule has 0 radical (unpaired) electrons. The lowest BCUT2D eigenvalue weighted by Gasteiger charge is -2.03. The first-order valence-electron chi connectivity index (χ1n) is 5.97. The Bertz CT molecular complexity index is 627. The molecule has 0 aliphatic carbocycles. The molecular formula is C12H13FN4O3. The van der Waals surface area contributed by atoms with Gasteiger partial charge in [-0.3, -0.25) is 10.1 Å².